The summed E-state index contributed by atoms with van der Waals surface area (Å²) in [6, 6.07) is 26.6. The van der Waals surface area contributed by atoms with Gasteiger partial charge < -0.3 is 5.32 Å². The van der Waals surface area contributed by atoms with E-state index in [2.05, 4.69) is 5.32 Å². The molecule has 4 rings (SSSR count). The summed E-state index contributed by atoms with van der Waals surface area (Å²) in [6.07, 6.45) is -3.81. The van der Waals surface area contributed by atoms with E-state index in [1.165, 1.54) is 30.3 Å². The molecule has 0 aliphatic carbocycles. The third-order valence-corrected chi connectivity index (χ3v) is 7.01. The van der Waals surface area contributed by atoms with Crippen LogP contribution in [0.25, 0.3) is 0 Å². The lowest BCUT2D eigenvalue weighted by Gasteiger charge is -2.37. The lowest BCUT2D eigenvalue weighted by molar-refractivity contribution is -0.137. The lowest BCUT2D eigenvalue weighted by Crippen LogP contribution is -2.49. The Bertz CT molecular complexity index is 1380. The van der Waals surface area contributed by atoms with Crippen LogP contribution in [0.4, 0.5) is 22.0 Å². The molecule has 4 aromatic rings. The highest BCUT2D eigenvalue weighted by Gasteiger charge is 2.40. The third-order valence-electron chi connectivity index (χ3n) is 7.01. The number of carbonyl (C=O) groups excluding carboxylic acids is 1. The predicted octanol–water partition coefficient (Wildman–Crippen LogP) is 8.22. The van der Waals surface area contributed by atoms with Crippen LogP contribution >= 0.6 is 0 Å². The monoisotopic (exact) mass is 551 g/mol. The van der Waals surface area contributed by atoms with E-state index in [1.54, 1.807) is 36.4 Å². The molecule has 0 bridgehead atoms. The molecule has 0 fully saturated rings. The molecule has 0 saturated carbocycles. The van der Waals surface area contributed by atoms with Crippen LogP contribution in [-0.2, 0) is 41.7 Å². The summed E-state index contributed by atoms with van der Waals surface area (Å²) >= 11 is 0. The van der Waals surface area contributed by atoms with Crippen LogP contribution in [0.3, 0.4) is 0 Å². The van der Waals surface area contributed by atoms with Gasteiger partial charge in [0.2, 0.25) is 5.91 Å². The summed E-state index contributed by atoms with van der Waals surface area (Å²) in [5, 5.41) is 2.99. The van der Waals surface area contributed by atoms with Crippen molar-refractivity contribution in [3.05, 3.63) is 142 Å². The van der Waals surface area contributed by atoms with Gasteiger partial charge in [0, 0.05) is 18.9 Å². The van der Waals surface area contributed by atoms with Gasteiger partial charge in [-0.2, -0.15) is 13.2 Å². The maximum absolute atomic E-state index is 14.4. The number of rotatable bonds is 9. The number of benzene rings is 4. The van der Waals surface area contributed by atoms with Gasteiger partial charge >= 0.3 is 6.18 Å². The average molecular weight is 552 g/mol. The molecule has 4 aromatic carbocycles. The molecule has 0 aliphatic heterocycles. The van der Waals surface area contributed by atoms with E-state index in [1.807, 2.05) is 31.2 Å². The van der Waals surface area contributed by atoms with E-state index < -0.39 is 29.1 Å². The van der Waals surface area contributed by atoms with Gasteiger partial charge in [-0.25, -0.2) is 8.78 Å². The van der Waals surface area contributed by atoms with E-state index in [9.17, 15) is 26.7 Å². The molecule has 0 heterocycles. The number of amides is 1. The molecule has 0 saturated heterocycles. The quantitative estimate of drug-likeness (QED) is 0.209. The highest BCUT2D eigenvalue weighted by molar-refractivity contribution is 5.80. The minimum Gasteiger partial charge on any atom is -0.342 e. The number of carbonyl (C=O) groups is 1. The Kier molecular flexibility index (Phi) is 8.43. The average Bonchev–Trinajstić information content (AvgIpc) is 2.93. The molecule has 1 amide bonds. The highest BCUT2D eigenvalue weighted by Crippen LogP contribution is 2.39. The van der Waals surface area contributed by atoms with Gasteiger partial charge in [0.05, 0.1) is 17.5 Å². The Morgan fingerprint density at radius 3 is 1.73 bits per heavy atom. The van der Waals surface area contributed by atoms with Crippen molar-refractivity contribution in [1.29, 1.82) is 0 Å². The van der Waals surface area contributed by atoms with E-state index in [0.29, 0.717) is 5.56 Å². The zero-order chi connectivity index (χ0) is 29.0. The van der Waals surface area contributed by atoms with E-state index in [-0.39, 0.29) is 29.5 Å². The first-order valence-electron chi connectivity index (χ1n) is 13.0. The van der Waals surface area contributed by atoms with Gasteiger partial charge in [-0.1, -0.05) is 91.9 Å². The Morgan fingerprint density at radius 2 is 1.18 bits per heavy atom. The van der Waals surface area contributed by atoms with Gasteiger partial charge in [-0.3, -0.25) is 4.79 Å². The number of halogens is 5. The first-order valence-corrected chi connectivity index (χ1v) is 13.0. The van der Waals surface area contributed by atoms with Crippen LogP contribution < -0.4 is 5.32 Å². The second kappa shape index (κ2) is 11.6. The second-order valence-electron chi connectivity index (χ2n) is 10.0. The Morgan fingerprint density at radius 1 is 0.650 bits per heavy atom. The molecule has 0 aromatic heterocycles. The van der Waals surface area contributed by atoms with E-state index >= 15 is 0 Å². The minimum absolute atomic E-state index is 0.0361. The maximum Gasteiger partial charge on any atom is 0.416 e. The van der Waals surface area contributed by atoms with Crippen LogP contribution in [0, 0.1) is 0 Å². The van der Waals surface area contributed by atoms with Crippen molar-refractivity contribution in [3.8, 4) is 0 Å². The summed E-state index contributed by atoms with van der Waals surface area (Å²) in [5.41, 5.74) is 0.139. The largest absolute Gasteiger partial charge is 0.416 e. The smallest absolute Gasteiger partial charge is 0.342 e. The standard InChI is InChI=1S/C33H30F5NO/c1-3-23-15-17-24(18-16-23)19-30(40)39-32(22-25-9-5-4-6-10-25,27-12-7-11-26(20-27)31(2,34)35)28-13-8-14-29(21-28)33(36,37)38/h4-18,20-21H,3,19,22H2,1-2H3,(H,39,40). The third kappa shape index (κ3) is 6.76. The Hall–Kier alpha value is -4.00. The molecule has 40 heavy (non-hydrogen) atoms. The molecule has 1 N–H and O–H groups in total. The van der Waals surface area contributed by atoms with Crippen molar-refractivity contribution in [3.63, 3.8) is 0 Å². The number of alkyl halides is 5. The molecule has 208 valence electrons. The molecule has 1 unspecified atom stereocenters. The summed E-state index contributed by atoms with van der Waals surface area (Å²) in [5.74, 6) is -3.65. The molecule has 2 nitrogen and oxygen atoms in total. The molecule has 0 aliphatic rings. The maximum atomic E-state index is 14.4. The molecular formula is C33H30F5NO. The number of hydrogen-bond donors (Lipinski definition) is 1. The lowest BCUT2D eigenvalue weighted by atomic mass is 9.76. The molecular weight excluding hydrogens is 521 g/mol. The van der Waals surface area contributed by atoms with Crippen molar-refractivity contribution < 1.29 is 26.7 Å². The first kappa shape index (κ1) is 29.0. The predicted molar refractivity (Wildman–Crippen MR) is 146 cm³/mol. The highest BCUT2D eigenvalue weighted by atomic mass is 19.4. The first-order chi connectivity index (χ1) is 18.9. The number of nitrogens with one attached hydrogen (secondary N) is 1. The fourth-order valence-electron chi connectivity index (χ4n) is 4.84. The van der Waals surface area contributed by atoms with Crippen LogP contribution in [-0.4, -0.2) is 5.91 Å². The van der Waals surface area contributed by atoms with Crippen molar-refractivity contribution in [2.75, 3.05) is 0 Å². The van der Waals surface area contributed by atoms with Crippen molar-refractivity contribution >= 4 is 5.91 Å². The van der Waals surface area contributed by atoms with E-state index in [4.69, 9.17) is 0 Å². The van der Waals surface area contributed by atoms with Crippen LogP contribution in [0.5, 0.6) is 0 Å². The van der Waals surface area contributed by atoms with Gasteiger partial charge in [0.15, 0.2) is 0 Å². The fraction of sp³-hybridized carbons (Fsp3) is 0.242. The normalized spacial score (nSPS) is 13.5. The van der Waals surface area contributed by atoms with Crippen LogP contribution in [0.1, 0.15) is 52.8 Å². The summed E-state index contributed by atoms with van der Waals surface area (Å²) in [6.45, 7) is 2.77. The molecule has 0 spiro atoms. The topological polar surface area (TPSA) is 29.1 Å². The summed E-state index contributed by atoms with van der Waals surface area (Å²) in [7, 11) is 0. The second-order valence-corrected chi connectivity index (χ2v) is 10.0. The zero-order valence-corrected chi connectivity index (χ0v) is 22.2. The fourth-order valence-corrected chi connectivity index (χ4v) is 4.84. The molecule has 0 radical (unpaired) electrons. The van der Waals surface area contributed by atoms with Gasteiger partial charge in [-0.15, -0.1) is 0 Å². The van der Waals surface area contributed by atoms with Crippen LogP contribution in [0.2, 0.25) is 0 Å². The Labute approximate surface area is 230 Å². The zero-order valence-electron chi connectivity index (χ0n) is 22.2. The molecule has 1 atom stereocenters. The minimum atomic E-state index is -4.64. The Balaban J connectivity index is 1.90. The van der Waals surface area contributed by atoms with E-state index in [0.717, 1.165) is 36.6 Å². The van der Waals surface area contributed by atoms with Gasteiger partial charge in [-0.05, 0) is 52.4 Å². The molecule has 7 heteroatoms. The van der Waals surface area contributed by atoms with Crippen molar-refractivity contribution in [1.82, 2.24) is 5.32 Å². The van der Waals surface area contributed by atoms with Gasteiger partial charge in [0.1, 0.15) is 0 Å². The summed E-state index contributed by atoms with van der Waals surface area (Å²) in [4.78, 5) is 13.6. The summed E-state index contributed by atoms with van der Waals surface area (Å²) < 4.78 is 70.4. The SMILES string of the molecule is CCc1ccc(CC(=O)NC(Cc2ccccc2)(c2cccc(C(C)(F)F)c2)c2cccc(C(F)(F)F)c2)cc1. The number of aryl methyl sites for hydroxylation is 1. The van der Waals surface area contributed by atoms with Crippen LogP contribution in [0.15, 0.2) is 103 Å². The van der Waals surface area contributed by atoms with Crippen molar-refractivity contribution in [2.24, 2.45) is 0 Å². The number of hydrogen-bond acceptors (Lipinski definition) is 1. The van der Waals surface area contributed by atoms with Crippen molar-refractivity contribution in [2.45, 2.75) is 50.7 Å². The van der Waals surface area contributed by atoms with Gasteiger partial charge in [0.25, 0.3) is 5.92 Å².